The Morgan fingerprint density at radius 1 is 1.00 bits per heavy atom. The average Bonchev–Trinajstić information content (AvgIpc) is 1.89. The number of nitrogens with one attached hydrogen (secondary N) is 1. The van der Waals surface area contributed by atoms with Gasteiger partial charge in [0.05, 0.1) is 26.4 Å². The predicted molar refractivity (Wildman–Crippen MR) is 37.8 cm³/mol. The molecule has 0 aliphatic rings. The van der Waals surface area contributed by atoms with E-state index in [1.807, 2.05) is 0 Å². The zero-order valence-corrected chi connectivity index (χ0v) is 6.25. The molecule has 8 N–H and O–H groups in total. The minimum Gasteiger partial charge on any atom is -0.412 e. The summed E-state index contributed by atoms with van der Waals surface area (Å²) in [6.45, 7) is 0.224. The topological polar surface area (TPSA) is 137 Å². The second kappa shape index (κ2) is 16.4. The summed E-state index contributed by atoms with van der Waals surface area (Å²) in [5.41, 5.74) is 2.07. The zero-order chi connectivity index (χ0) is 6.95. The molecule has 0 radical (unpaired) electrons. The molecule has 0 saturated carbocycles. The first-order valence-corrected chi connectivity index (χ1v) is 2.62. The van der Waals surface area contributed by atoms with Gasteiger partial charge in [0.15, 0.2) is 0 Å². The highest BCUT2D eigenvalue weighted by Gasteiger charge is 1.83. The predicted octanol–water partition coefficient (Wildman–Crippen LogP) is -2.24. The zero-order valence-electron chi connectivity index (χ0n) is 6.25. The van der Waals surface area contributed by atoms with Crippen LogP contribution in [0, 0.1) is 0 Å². The fourth-order valence-corrected chi connectivity index (χ4v) is 0.216. The van der Waals surface area contributed by atoms with Crippen LogP contribution in [0.15, 0.2) is 0 Å². The van der Waals surface area contributed by atoms with Gasteiger partial charge < -0.3 is 21.8 Å². The summed E-state index contributed by atoms with van der Waals surface area (Å²) in [5, 5.41) is 16.3. The molecule has 0 aromatic carbocycles. The maximum atomic E-state index is 8.15. The van der Waals surface area contributed by atoms with Gasteiger partial charge in [-0.3, -0.25) is 9.68 Å². The monoisotopic (exact) mass is 172 g/mol. The van der Waals surface area contributed by atoms with Crippen molar-refractivity contribution in [1.82, 2.24) is 11.8 Å². The fourth-order valence-electron chi connectivity index (χ4n) is 0.216. The third kappa shape index (κ3) is 17.7. The Morgan fingerprint density at radius 2 is 1.36 bits per heavy atom. The Morgan fingerprint density at radius 3 is 1.64 bits per heavy atom. The minimum atomic E-state index is -0.0600. The van der Waals surface area contributed by atoms with Crippen LogP contribution in [0.2, 0.25) is 0 Å². The molecule has 0 aliphatic heterocycles. The highest BCUT2D eigenvalue weighted by atomic mass is 16.9. The smallest absolute Gasteiger partial charge is 0.0940 e. The molecule has 0 aromatic rings. The Kier molecular flexibility index (Phi) is 25.3. The molecule has 0 spiro atoms. The van der Waals surface area contributed by atoms with Crippen LogP contribution in [0.1, 0.15) is 0 Å². The maximum Gasteiger partial charge on any atom is 0.0940 e. The Labute approximate surface area is 64.7 Å². The Hall–Kier alpha value is -0.280. The second-order valence-electron chi connectivity index (χ2n) is 1.23. The van der Waals surface area contributed by atoms with Crippen LogP contribution in [0.5, 0.6) is 0 Å². The number of rotatable bonds is 6. The van der Waals surface area contributed by atoms with Crippen molar-refractivity contribution in [1.29, 1.82) is 0 Å². The molecule has 0 bridgehead atoms. The van der Waals surface area contributed by atoms with Gasteiger partial charge in [-0.1, -0.05) is 5.64 Å². The highest BCUT2D eigenvalue weighted by molar-refractivity contribution is 4.16. The van der Waals surface area contributed by atoms with E-state index in [0.29, 0.717) is 0 Å². The summed E-state index contributed by atoms with van der Waals surface area (Å²) in [6, 6.07) is 0. The van der Waals surface area contributed by atoms with Crippen molar-refractivity contribution in [3.05, 3.63) is 0 Å². The molecule has 0 fully saturated rings. The molecule has 7 heteroatoms. The lowest BCUT2D eigenvalue weighted by atomic mass is 10.8. The van der Waals surface area contributed by atoms with E-state index in [2.05, 4.69) is 15.3 Å². The molecule has 11 heavy (non-hydrogen) atoms. The largest absolute Gasteiger partial charge is 0.412 e. The van der Waals surface area contributed by atoms with Crippen molar-refractivity contribution in [2.45, 2.75) is 0 Å². The number of aliphatic hydroxyl groups is 2. The molecule has 0 amide bonds. The molecule has 72 valence electrons. The first-order chi connectivity index (χ1) is 4.41. The molecule has 0 aliphatic carbocycles. The van der Waals surface area contributed by atoms with E-state index in [0.717, 1.165) is 0 Å². The molecular weight excluding hydrogens is 156 g/mol. The molecule has 0 saturated heterocycles. The van der Waals surface area contributed by atoms with Gasteiger partial charge in [-0.2, -0.15) is 0 Å². The van der Waals surface area contributed by atoms with Gasteiger partial charge in [0, 0.05) is 0 Å². The Balaban J connectivity index is -0.000000320. The van der Waals surface area contributed by atoms with Gasteiger partial charge in [0.25, 0.3) is 0 Å². The quantitative estimate of drug-likeness (QED) is 0.264. The SMILES string of the molecule is N.O.OCCONOCCO. The van der Waals surface area contributed by atoms with Crippen LogP contribution in [0.3, 0.4) is 0 Å². The van der Waals surface area contributed by atoms with Gasteiger partial charge in [-0.25, -0.2) is 0 Å². The van der Waals surface area contributed by atoms with Crippen molar-refractivity contribution in [3.63, 3.8) is 0 Å². The Bertz CT molecular complexity index is 49.7. The third-order valence-electron chi connectivity index (χ3n) is 0.505. The molecule has 0 rings (SSSR count). The van der Waals surface area contributed by atoms with Crippen LogP contribution < -0.4 is 11.8 Å². The first-order valence-electron chi connectivity index (χ1n) is 2.62. The van der Waals surface area contributed by atoms with Gasteiger partial charge in [-0.05, 0) is 0 Å². The first kappa shape index (κ1) is 17.0. The van der Waals surface area contributed by atoms with E-state index in [1.165, 1.54) is 0 Å². The van der Waals surface area contributed by atoms with Crippen LogP contribution in [-0.2, 0) is 9.68 Å². The summed E-state index contributed by atoms with van der Waals surface area (Å²) in [4.78, 5) is 8.90. The molecular formula is C4H16N2O5. The van der Waals surface area contributed by atoms with E-state index in [1.54, 1.807) is 0 Å². The normalized spacial score (nSPS) is 8.18. The van der Waals surface area contributed by atoms with Crippen LogP contribution in [0.4, 0.5) is 0 Å². The van der Waals surface area contributed by atoms with Gasteiger partial charge in [0.1, 0.15) is 0 Å². The van der Waals surface area contributed by atoms with Gasteiger partial charge in [0.2, 0.25) is 0 Å². The average molecular weight is 172 g/mol. The minimum absolute atomic E-state index is 0. The highest BCUT2D eigenvalue weighted by Crippen LogP contribution is 1.67. The summed E-state index contributed by atoms with van der Waals surface area (Å²) in [6.07, 6.45) is 0. The van der Waals surface area contributed by atoms with E-state index in [-0.39, 0.29) is 38.1 Å². The molecule has 7 nitrogen and oxygen atoms in total. The van der Waals surface area contributed by atoms with Gasteiger partial charge >= 0.3 is 0 Å². The van der Waals surface area contributed by atoms with E-state index >= 15 is 0 Å². The van der Waals surface area contributed by atoms with Crippen molar-refractivity contribution >= 4 is 0 Å². The summed E-state index contributed by atoms with van der Waals surface area (Å²) in [5.74, 6) is 0. The summed E-state index contributed by atoms with van der Waals surface area (Å²) in [7, 11) is 0. The standard InChI is InChI=1S/C4H11NO4.H3N.H2O/c6-1-3-8-5-9-4-2-7;;/h5-7H,1-4H2;1H3;1H2. The van der Waals surface area contributed by atoms with E-state index < -0.39 is 0 Å². The fraction of sp³-hybridized carbons (Fsp3) is 1.00. The van der Waals surface area contributed by atoms with E-state index in [9.17, 15) is 0 Å². The van der Waals surface area contributed by atoms with Gasteiger partial charge in [-0.15, -0.1) is 0 Å². The molecule has 0 unspecified atom stereocenters. The van der Waals surface area contributed by atoms with Crippen LogP contribution in [-0.4, -0.2) is 42.1 Å². The van der Waals surface area contributed by atoms with Crippen LogP contribution in [0.25, 0.3) is 0 Å². The lowest BCUT2D eigenvalue weighted by Gasteiger charge is -2.01. The van der Waals surface area contributed by atoms with E-state index in [4.69, 9.17) is 10.2 Å². The third-order valence-corrected chi connectivity index (χ3v) is 0.505. The lowest BCUT2D eigenvalue weighted by molar-refractivity contribution is -0.178. The molecule has 0 aromatic heterocycles. The number of hydrogen-bond donors (Lipinski definition) is 4. The molecule has 0 heterocycles. The van der Waals surface area contributed by atoms with Crippen molar-refractivity contribution in [3.8, 4) is 0 Å². The van der Waals surface area contributed by atoms with Crippen LogP contribution >= 0.6 is 0 Å². The molecule has 0 atom stereocenters. The summed E-state index contributed by atoms with van der Waals surface area (Å²) >= 11 is 0. The van der Waals surface area contributed by atoms with Crippen molar-refractivity contribution in [2.75, 3.05) is 26.4 Å². The summed E-state index contributed by atoms with van der Waals surface area (Å²) < 4.78 is 0. The number of aliphatic hydroxyl groups excluding tert-OH is 2. The van der Waals surface area contributed by atoms with Crippen molar-refractivity contribution in [2.24, 2.45) is 0 Å². The second-order valence-corrected chi connectivity index (χ2v) is 1.23. The van der Waals surface area contributed by atoms with Crippen molar-refractivity contribution < 1.29 is 25.4 Å². The maximum absolute atomic E-state index is 8.15. The number of hydrogen-bond acceptors (Lipinski definition) is 6. The lowest BCUT2D eigenvalue weighted by Crippen LogP contribution is -2.19.